The lowest BCUT2D eigenvalue weighted by Crippen LogP contribution is -3.16. The number of hydrogen-bond acceptors (Lipinski definition) is 2. The lowest BCUT2D eigenvalue weighted by molar-refractivity contribution is -0.938. The highest BCUT2D eigenvalue weighted by molar-refractivity contribution is 5.97. The maximum Gasteiger partial charge on any atom is 0.282 e. The summed E-state index contributed by atoms with van der Waals surface area (Å²) in [6, 6.07) is 26.8. The molecule has 1 aliphatic rings. The van der Waals surface area contributed by atoms with Crippen molar-refractivity contribution in [3.63, 3.8) is 0 Å². The summed E-state index contributed by atoms with van der Waals surface area (Å²) in [4.78, 5) is 14.5. The topological polar surface area (TPSA) is 42.8 Å². The van der Waals surface area contributed by atoms with Gasteiger partial charge in [-0.15, -0.1) is 0 Å². The molecule has 1 unspecified atom stereocenters. The van der Waals surface area contributed by atoms with Gasteiger partial charge >= 0.3 is 0 Å². The minimum atomic E-state index is -0.136. The maximum absolute atomic E-state index is 13.2. The van der Waals surface area contributed by atoms with E-state index in [1.54, 1.807) is 7.11 Å². The molecule has 0 aromatic heterocycles. The fraction of sp³-hybridized carbons (Fsp3) is 0.269. The van der Waals surface area contributed by atoms with Crippen molar-refractivity contribution < 1.29 is 14.4 Å². The highest BCUT2D eigenvalue weighted by atomic mass is 16.5. The van der Waals surface area contributed by atoms with Crippen LogP contribution in [0.4, 0.5) is 5.69 Å². The Balaban J connectivity index is 1.49. The predicted octanol–water partition coefficient (Wildman–Crippen LogP) is 3.94. The summed E-state index contributed by atoms with van der Waals surface area (Å²) in [7, 11) is 1.68. The number of amides is 1. The van der Waals surface area contributed by atoms with Gasteiger partial charge in [0, 0.05) is 29.7 Å². The minimum Gasteiger partial charge on any atom is -0.497 e. The molecular weight excluding hydrogens is 372 g/mol. The van der Waals surface area contributed by atoms with Crippen LogP contribution in [-0.4, -0.2) is 25.1 Å². The van der Waals surface area contributed by atoms with E-state index in [9.17, 15) is 4.79 Å². The minimum absolute atomic E-state index is 0.0637. The van der Waals surface area contributed by atoms with Crippen LogP contribution in [0.25, 0.3) is 11.1 Å². The number of methoxy groups -OCH3 is 1. The highest BCUT2D eigenvalue weighted by Gasteiger charge is 2.39. The normalized spacial score (nSPS) is 15.3. The molecule has 154 valence electrons. The van der Waals surface area contributed by atoms with Crippen molar-refractivity contribution in [2.45, 2.75) is 38.4 Å². The van der Waals surface area contributed by atoms with E-state index in [0.29, 0.717) is 6.04 Å². The summed E-state index contributed by atoms with van der Waals surface area (Å²) in [5, 5.41) is 3.20. The van der Waals surface area contributed by atoms with Crippen molar-refractivity contribution in [2.24, 2.45) is 0 Å². The third-order valence-corrected chi connectivity index (χ3v) is 5.89. The van der Waals surface area contributed by atoms with E-state index in [2.05, 4.69) is 35.6 Å². The number of carbonyl (C=O) groups excluding carboxylic acids is 1. The summed E-state index contributed by atoms with van der Waals surface area (Å²) in [6.07, 6.45) is 2.37. The van der Waals surface area contributed by atoms with Crippen LogP contribution < -0.4 is 15.0 Å². The fourth-order valence-corrected chi connectivity index (χ4v) is 3.96. The summed E-state index contributed by atoms with van der Waals surface area (Å²) in [5.41, 5.74) is 4.23. The first-order valence-corrected chi connectivity index (χ1v) is 10.6. The van der Waals surface area contributed by atoms with Crippen molar-refractivity contribution in [1.82, 2.24) is 0 Å². The molecule has 3 aromatic carbocycles. The van der Waals surface area contributed by atoms with E-state index in [4.69, 9.17) is 4.74 Å². The molecule has 1 amide bonds. The van der Waals surface area contributed by atoms with Crippen molar-refractivity contribution in [3.05, 3.63) is 84.4 Å². The summed E-state index contributed by atoms with van der Waals surface area (Å²) in [5.74, 6) is 0.920. The first-order valence-electron chi connectivity index (χ1n) is 10.6. The summed E-state index contributed by atoms with van der Waals surface area (Å²) >= 11 is 0. The number of hydrogen-bond donors (Lipinski definition) is 2. The van der Waals surface area contributed by atoms with Gasteiger partial charge in [-0.2, -0.15) is 0 Å². The zero-order valence-corrected chi connectivity index (χ0v) is 17.6. The van der Waals surface area contributed by atoms with Gasteiger partial charge in [-0.3, -0.25) is 4.79 Å². The van der Waals surface area contributed by atoms with Crippen molar-refractivity contribution in [2.75, 3.05) is 12.4 Å². The Hall–Kier alpha value is -3.11. The summed E-state index contributed by atoms with van der Waals surface area (Å²) < 4.78 is 5.26. The zero-order valence-electron chi connectivity index (χ0n) is 17.6. The van der Waals surface area contributed by atoms with Gasteiger partial charge in [0.1, 0.15) is 12.3 Å². The zero-order chi connectivity index (χ0) is 20.9. The molecule has 4 rings (SSSR count). The monoisotopic (exact) mass is 401 g/mol. The third-order valence-electron chi connectivity index (χ3n) is 5.89. The molecular formula is C26H29N2O2+. The Morgan fingerprint density at radius 2 is 1.67 bits per heavy atom. The Labute approximate surface area is 178 Å². The van der Waals surface area contributed by atoms with Gasteiger partial charge in [0.15, 0.2) is 6.04 Å². The van der Waals surface area contributed by atoms with Gasteiger partial charge < -0.3 is 15.0 Å². The lowest BCUT2D eigenvalue weighted by Gasteiger charge is -2.26. The van der Waals surface area contributed by atoms with E-state index in [0.717, 1.165) is 29.1 Å². The van der Waals surface area contributed by atoms with Gasteiger partial charge in [-0.25, -0.2) is 0 Å². The highest BCUT2D eigenvalue weighted by Crippen LogP contribution is 2.27. The average Bonchev–Trinajstić information content (AvgIpc) is 3.63. The van der Waals surface area contributed by atoms with Crippen molar-refractivity contribution in [3.8, 4) is 16.9 Å². The third kappa shape index (κ3) is 4.71. The molecule has 4 nitrogen and oxygen atoms in total. The smallest absolute Gasteiger partial charge is 0.282 e. The second-order valence-corrected chi connectivity index (χ2v) is 8.00. The standard InChI is InChI=1S/C26H28N2O2/c1-19(28(22-14-15-22)18-20-12-16-23(30-2)17-13-20)26(29)27-25-11-7-6-10-24(25)21-8-4-3-5-9-21/h3-13,16-17,19,22H,14-15,18H2,1-2H3,(H,27,29)/p+1/t19-/m1/s1. The fourth-order valence-electron chi connectivity index (χ4n) is 3.96. The molecule has 0 aliphatic heterocycles. The Bertz CT molecular complexity index is 981. The molecule has 0 heterocycles. The first-order chi connectivity index (χ1) is 14.7. The van der Waals surface area contributed by atoms with Gasteiger partial charge in [0.05, 0.1) is 13.2 Å². The summed E-state index contributed by atoms with van der Waals surface area (Å²) in [6.45, 7) is 2.88. The Morgan fingerprint density at radius 3 is 2.33 bits per heavy atom. The molecule has 30 heavy (non-hydrogen) atoms. The van der Waals surface area contributed by atoms with Crippen LogP contribution in [0.15, 0.2) is 78.9 Å². The number of benzene rings is 3. The van der Waals surface area contributed by atoms with E-state index < -0.39 is 0 Å². The molecule has 1 fully saturated rings. The molecule has 1 aliphatic carbocycles. The molecule has 2 N–H and O–H groups in total. The van der Waals surface area contributed by atoms with Crippen molar-refractivity contribution >= 4 is 11.6 Å². The molecule has 0 spiro atoms. The predicted molar refractivity (Wildman–Crippen MR) is 121 cm³/mol. The molecule has 3 aromatic rings. The number of carbonyl (C=O) groups is 1. The van der Waals surface area contributed by atoms with Gasteiger partial charge in [0.2, 0.25) is 0 Å². The SMILES string of the molecule is COc1ccc(C[NH+](C2CC2)[C@H](C)C(=O)Nc2ccccc2-c2ccccc2)cc1. The van der Waals surface area contributed by atoms with Gasteiger partial charge in [-0.05, 0) is 42.8 Å². The number of rotatable bonds is 8. The quantitative estimate of drug-likeness (QED) is 0.600. The van der Waals surface area contributed by atoms with E-state index in [-0.39, 0.29) is 11.9 Å². The Morgan fingerprint density at radius 1 is 1.00 bits per heavy atom. The van der Waals surface area contributed by atoms with E-state index in [1.165, 1.54) is 23.3 Å². The molecule has 2 atom stereocenters. The lowest BCUT2D eigenvalue weighted by atomic mass is 10.0. The van der Waals surface area contributed by atoms with Crippen LogP contribution in [0.3, 0.4) is 0 Å². The molecule has 0 saturated heterocycles. The number of para-hydroxylation sites is 1. The number of nitrogens with one attached hydrogen (secondary N) is 2. The van der Waals surface area contributed by atoms with E-state index >= 15 is 0 Å². The molecule has 1 saturated carbocycles. The van der Waals surface area contributed by atoms with Crippen LogP contribution in [-0.2, 0) is 11.3 Å². The largest absolute Gasteiger partial charge is 0.497 e. The van der Waals surface area contributed by atoms with Gasteiger partial charge in [-0.1, -0.05) is 48.5 Å². The van der Waals surface area contributed by atoms with Crippen LogP contribution in [0.2, 0.25) is 0 Å². The number of quaternary nitrogens is 1. The second kappa shape index (κ2) is 9.14. The number of ether oxygens (including phenoxy) is 1. The van der Waals surface area contributed by atoms with Gasteiger partial charge in [0.25, 0.3) is 5.91 Å². The second-order valence-electron chi connectivity index (χ2n) is 8.00. The van der Waals surface area contributed by atoms with Crippen LogP contribution >= 0.6 is 0 Å². The average molecular weight is 402 g/mol. The van der Waals surface area contributed by atoms with Crippen LogP contribution in [0, 0.1) is 0 Å². The molecule has 0 bridgehead atoms. The Kier molecular flexibility index (Phi) is 6.15. The van der Waals surface area contributed by atoms with Crippen molar-refractivity contribution in [1.29, 1.82) is 0 Å². The maximum atomic E-state index is 13.2. The number of anilines is 1. The van der Waals surface area contributed by atoms with Crippen LogP contribution in [0.1, 0.15) is 25.3 Å². The van der Waals surface area contributed by atoms with E-state index in [1.807, 2.05) is 55.5 Å². The molecule has 4 heteroatoms. The first kappa shape index (κ1) is 20.2. The van der Waals surface area contributed by atoms with Crippen LogP contribution in [0.5, 0.6) is 5.75 Å². The molecule has 0 radical (unpaired) electrons.